The molecule has 5 heteroatoms. The van der Waals surface area contributed by atoms with Gasteiger partial charge in [0.25, 0.3) is 5.91 Å². The predicted molar refractivity (Wildman–Crippen MR) is 78.1 cm³/mol. The molecule has 1 N–H and O–H groups in total. The molecular weight excluding hydrogens is 268 g/mol. The molecule has 0 unspecified atom stereocenters. The number of aromatic nitrogens is 1. The first kappa shape index (κ1) is 14.7. The highest BCUT2D eigenvalue weighted by molar-refractivity contribution is 5.96. The van der Waals surface area contributed by atoms with Gasteiger partial charge in [0.15, 0.2) is 0 Å². The van der Waals surface area contributed by atoms with Crippen LogP contribution in [0.3, 0.4) is 0 Å². The number of hydrogen-bond acceptors (Lipinski definition) is 4. The Labute approximate surface area is 123 Å². The zero-order chi connectivity index (χ0) is 15.1. The van der Waals surface area contributed by atoms with Gasteiger partial charge in [-0.1, -0.05) is 6.07 Å². The number of pyridine rings is 1. The third-order valence-corrected chi connectivity index (χ3v) is 2.99. The highest BCUT2D eigenvalue weighted by Crippen LogP contribution is 2.06. The number of amides is 1. The number of nitrogens with zero attached hydrogens (tertiary/aromatic N) is 1. The molecule has 5 nitrogen and oxygen atoms in total. The Balaban J connectivity index is 1.87. The maximum Gasteiger partial charge on any atom is 0.337 e. The molecule has 0 aliphatic rings. The van der Waals surface area contributed by atoms with E-state index in [0.29, 0.717) is 17.7 Å². The summed E-state index contributed by atoms with van der Waals surface area (Å²) in [4.78, 5) is 27.3. The van der Waals surface area contributed by atoms with Crippen LogP contribution in [0.15, 0.2) is 48.8 Å². The molecule has 2 aromatic rings. The van der Waals surface area contributed by atoms with E-state index in [4.69, 9.17) is 0 Å². The summed E-state index contributed by atoms with van der Waals surface area (Å²) in [5, 5.41) is 2.83. The Bertz CT molecular complexity index is 609. The molecule has 2 rings (SSSR count). The number of carbonyl (C=O) groups excluding carboxylic acids is 2. The minimum Gasteiger partial charge on any atom is -0.465 e. The van der Waals surface area contributed by atoms with E-state index in [-0.39, 0.29) is 5.91 Å². The van der Waals surface area contributed by atoms with E-state index in [9.17, 15) is 9.59 Å². The van der Waals surface area contributed by atoms with E-state index < -0.39 is 5.97 Å². The summed E-state index contributed by atoms with van der Waals surface area (Å²) in [6.45, 7) is 0.531. The molecule has 0 spiro atoms. The van der Waals surface area contributed by atoms with Gasteiger partial charge in [0, 0.05) is 24.5 Å². The van der Waals surface area contributed by atoms with Crippen LogP contribution in [-0.2, 0) is 11.2 Å². The van der Waals surface area contributed by atoms with Crippen molar-refractivity contribution in [3.63, 3.8) is 0 Å². The van der Waals surface area contributed by atoms with E-state index in [1.807, 2.05) is 12.1 Å². The molecular formula is C16H16N2O3. The lowest BCUT2D eigenvalue weighted by molar-refractivity contribution is 0.0600. The fourth-order valence-electron chi connectivity index (χ4n) is 1.84. The van der Waals surface area contributed by atoms with Crippen molar-refractivity contribution in [3.05, 3.63) is 65.5 Å². The summed E-state index contributed by atoms with van der Waals surface area (Å²) in [5.74, 6) is -0.589. The molecule has 0 fully saturated rings. The fraction of sp³-hybridized carbons (Fsp3) is 0.188. The molecule has 0 aliphatic carbocycles. The standard InChI is InChI=1S/C16H16N2O3/c1-21-16(20)14-6-4-13(5-7-14)15(19)18-10-8-12-3-2-9-17-11-12/h2-7,9,11H,8,10H2,1H3,(H,18,19). The number of rotatable bonds is 5. The van der Waals surface area contributed by atoms with Crippen LogP contribution in [0.4, 0.5) is 0 Å². The second kappa shape index (κ2) is 7.19. The van der Waals surface area contributed by atoms with Gasteiger partial charge in [-0.05, 0) is 42.3 Å². The molecule has 0 saturated carbocycles. The topological polar surface area (TPSA) is 68.3 Å². The van der Waals surface area contributed by atoms with Crippen molar-refractivity contribution in [2.24, 2.45) is 0 Å². The third kappa shape index (κ3) is 4.14. The highest BCUT2D eigenvalue weighted by atomic mass is 16.5. The molecule has 0 aliphatic heterocycles. The van der Waals surface area contributed by atoms with Crippen molar-refractivity contribution < 1.29 is 14.3 Å². The molecule has 0 bridgehead atoms. The van der Waals surface area contributed by atoms with Crippen LogP contribution in [-0.4, -0.2) is 30.5 Å². The average molecular weight is 284 g/mol. The average Bonchev–Trinajstić information content (AvgIpc) is 2.55. The van der Waals surface area contributed by atoms with Crippen LogP contribution >= 0.6 is 0 Å². The Hall–Kier alpha value is -2.69. The number of benzene rings is 1. The summed E-state index contributed by atoms with van der Waals surface area (Å²) in [6, 6.07) is 10.2. The zero-order valence-corrected chi connectivity index (χ0v) is 11.7. The Kier molecular flexibility index (Phi) is 5.04. The monoisotopic (exact) mass is 284 g/mol. The van der Waals surface area contributed by atoms with Crippen LogP contribution in [0.25, 0.3) is 0 Å². The van der Waals surface area contributed by atoms with Crippen molar-refractivity contribution in [2.75, 3.05) is 13.7 Å². The van der Waals surface area contributed by atoms with Crippen LogP contribution in [0.2, 0.25) is 0 Å². The van der Waals surface area contributed by atoms with Gasteiger partial charge >= 0.3 is 5.97 Å². The fourth-order valence-corrected chi connectivity index (χ4v) is 1.84. The number of carbonyl (C=O) groups is 2. The molecule has 1 aromatic carbocycles. The second-order valence-corrected chi connectivity index (χ2v) is 4.44. The lowest BCUT2D eigenvalue weighted by atomic mass is 10.1. The first-order valence-electron chi connectivity index (χ1n) is 6.56. The first-order chi connectivity index (χ1) is 10.2. The number of esters is 1. The summed E-state index contributed by atoms with van der Waals surface area (Å²) >= 11 is 0. The third-order valence-electron chi connectivity index (χ3n) is 2.99. The first-order valence-corrected chi connectivity index (χ1v) is 6.56. The summed E-state index contributed by atoms with van der Waals surface area (Å²) in [7, 11) is 1.32. The highest BCUT2D eigenvalue weighted by Gasteiger charge is 2.08. The lowest BCUT2D eigenvalue weighted by Crippen LogP contribution is -2.25. The predicted octanol–water partition coefficient (Wildman–Crippen LogP) is 1.84. The zero-order valence-electron chi connectivity index (χ0n) is 11.7. The van der Waals surface area contributed by atoms with Crippen LogP contribution in [0, 0.1) is 0 Å². The molecule has 108 valence electrons. The number of nitrogens with one attached hydrogen (secondary N) is 1. The number of hydrogen-bond donors (Lipinski definition) is 1. The van der Waals surface area contributed by atoms with Crippen molar-refractivity contribution in [1.82, 2.24) is 10.3 Å². The smallest absolute Gasteiger partial charge is 0.337 e. The van der Waals surface area contributed by atoms with Gasteiger partial charge in [0.1, 0.15) is 0 Å². The summed E-state index contributed by atoms with van der Waals surface area (Å²) < 4.78 is 4.61. The van der Waals surface area contributed by atoms with Crippen LogP contribution in [0.1, 0.15) is 26.3 Å². The number of ether oxygens (including phenoxy) is 1. The van der Waals surface area contributed by atoms with E-state index >= 15 is 0 Å². The molecule has 21 heavy (non-hydrogen) atoms. The van der Waals surface area contributed by atoms with Gasteiger partial charge in [-0.3, -0.25) is 9.78 Å². The largest absolute Gasteiger partial charge is 0.465 e. The Morgan fingerprint density at radius 2 is 1.86 bits per heavy atom. The SMILES string of the molecule is COC(=O)c1ccc(C(=O)NCCc2cccnc2)cc1. The van der Waals surface area contributed by atoms with Crippen molar-refractivity contribution >= 4 is 11.9 Å². The van der Waals surface area contributed by atoms with Gasteiger partial charge in [-0.15, -0.1) is 0 Å². The van der Waals surface area contributed by atoms with E-state index in [0.717, 1.165) is 12.0 Å². The van der Waals surface area contributed by atoms with Crippen molar-refractivity contribution in [3.8, 4) is 0 Å². The lowest BCUT2D eigenvalue weighted by Gasteiger charge is -2.06. The maximum absolute atomic E-state index is 11.9. The van der Waals surface area contributed by atoms with Gasteiger partial charge in [-0.25, -0.2) is 4.79 Å². The molecule has 1 heterocycles. The summed E-state index contributed by atoms with van der Waals surface area (Å²) in [5.41, 5.74) is 2.00. The molecule has 0 saturated heterocycles. The van der Waals surface area contributed by atoms with Gasteiger partial charge < -0.3 is 10.1 Å². The molecule has 0 radical (unpaired) electrons. The van der Waals surface area contributed by atoms with Crippen LogP contribution in [0.5, 0.6) is 0 Å². The molecule has 1 aromatic heterocycles. The molecule has 1 amide bonds. The quantitative estimate of drug-likeness (QED) is 0.851. The Morgan fingerprint density at radius 1 is 1.14 bits per heavy atom. The van der Waals surface area contributed by atoms with E-state index in [1.165, 1.54) is 7.11 Å². The van der Waals surface area contributed by atoms with Crippen molar-refractivity contribution in [2.45, 2.75) is 6.42 Å². The van der Waals surface area contributed by atoms with E-state index in [1.54, 1.807) is 36.7 Å². The molecule has 0 atom stereocenters. The van der Waals surface area contributed by atoms with Gasteiger partial charge in [0.2, 0.25) is 0 Å². The van der Waals surface area contributed by atoms with Gasteiger partial charge in [0.05, 0.1) is 12.7 Å². The second-order valence-electron chi connectivity index (χ2n) is 4.44. The Morgan fingerprint density at radius 3 is 2.48 bits per heavy atom. The van der Waals surface area contributed by atoms with E-state index in [2.05, 4.69) is 15.0 Å². The van der Waals surface area contributed by atoms with Gasteiger partial charge in [-0.2, -0.15) is 0 Å². The van der Waals surface area contributed by atoms with Crippen LogP contribution < -0.4 is 5.32 Å². The normalized spacial score (nSPS) is 9.95. The summed E-state index contributed by atoms with van der Waals surface area (Å²) in [6.07, 6.45) is 4.21. The number of methoxy groups -OCH3 is 1. The minimum atomic E-state index is -0.418. The maximum atomic E-state index is 11.9. The minimum absolute atomic E-state index is 0.171. The van der Waals surface area contributed by atoms with Crippen molar-refractivity contribution in [1.29, 1.82) is 0 Å².